The number of hydrogen-bond acceptors (Lipinski definition) is 4. The van der Waals surface area contributed by atoms with Gasteiger partial charge in [-0.15, -0.1) is 0 Å². The molecule has 0 saturated carbocycles. The van der Waals surface area contributed by atoms with Crippen LogP contribution in [0.1, 0.15) is 27.2 Å². The van der Waals surface area contributed by atoms with Crippen LogP contribution >= 0.6 is 0 Å². The van der Waals surface area contributed by atoms with E-state index in [-0.39, 0.29) is 5.97 Å². The van der Waals surface area contributed by atoms with Crippen LogP contribution in [0.3, 0.4) is 0 Å². The van der Waals surface area contributed by atoms with E-state index in [9.17, 15) is 9.59 Å². The molecule has 1 N–H and O–H groups in total. The monoisotopic (exact) mass is 206 g/mol. The maximum Gasteiger partial charge on any atom is 0.332 e. The summed E-state index contributed by atoms with van der Waals surface area (Å²) in [5.41, 5.74) is 0. The van der Waals surface area contributed by atoms with Gasteiger partial charge in [-0.2, -0.15) is 0 Å². The SMILES string of the molecule is CCCOC(C)=O.COC(C)C(=O)O. The fourth-order valence-corrected chi connectivity index (χ4v) is 0.347. The molecule has 0 aliphatic rings. The van der Waals surface area contributed by atoms with Gasteiger partial charge in [-0.25, -0.2) is 4.79 Å². The number of aliphatic carboxylic acids is 1. The number of esters is 1. The first-order valence-electron chi connectivity index (χ1n) is 4.34. The van der Waals surface area contributed by atoms with Gasteiger partial charge in [0, 0.05) is 14.0 Å². The molecule has 5 nitrogen and oxygen atoms in total. The molecule has 0 fully saturated rings. The van der Waals surface area contributed by atoms with Crippen molar-refractivity contribution in [2.75, 3.05) is 13.7 Å². The number of methoxy groups -OCH3 is 1. The van der Waals surface area contributed by atoms with Crippen LogP contribution in [0, 0.1) is 0 Å². The third-order valence-electron chi connectivity index (χ3n) is 1.21. The molecule has 0 heterocycles. The van der Waals surface area contributed by atoms with Crippen LogP contribution in [0.2, 0.25) is 0 Å². The molecular formula is C9H18O5. The van der Waals surface area contributed by atoms with Gasteiger partial charge in [-0.3, -0.25) is 4.79 Å². The molecule has 1 atom stereocenters. The van der Waals surface area contributed by atoms with Crippen LogP contribution in [0.4, 0.5) is 0 Å². The maximum absolute atomic E-state index is 9.98. The lowest BCUT2D eigenvalue weighted by Crippen LogP contribution is -2.17. The Morgan fingerprint density at radius 1 is 1.43 bits per heavy atom. The molecule has 14 heavy (non-hydrogen) atoms. The topological polar surface area (TPSA) is 72.8 Å². The first-order chi connectivity index (χ1) is 6.45. The van der Waals surface area contributed by atoms with Crippen molar-refractivity contribution in [1.29, 1.82) is 0 Å². The van der Waals surface area contributed by atoms with Crippen LogP contribution in [0.15, 0.2) is 0 Å². The molecule has 0 radical (unpaired) electrons. The second-order valence-electron chi connectivity index (χ2n) is 2.56. The molecular weight excluding hydrogens is 188 g/mol. The van der Waals surface area contributed by atoms with E-state index in [1.807, 2.05) is 6.92 Å². The Balaban J connectivity index is 0. The van der Waals surface area contributed by atoms with E-state index in [0.29, 0.717) is 6.61 Å². The highest BCUT2D eigenvalue weighted by Crippen LogP contribution is 1.83. The van der Waals surface area contributed by atoms with Crippen molar-refractivity contribution >= 4 is 11.9 Å². The molecule has 0 amide bonds. The lowest BCUT2D eigenvalue weighted by molar-refractivity contribution is -0.147. The predicted octanol–water partition coefficient (Wildman–Crippen LogP) is 1.07. The van der Waals surface area contributed by atoms with Gasteiger partial charge >= 0.3 is 11.9 Å². The van der Waals surface area contributed by atoms with Gasteiger partial charge in [-0.05, 0) is 13.3 Å². The summed E-state index contributed by atoms with van der Waals surface area (Å²) < 4.78 is 8.96. The van der Waals surface area contributed by atoms with E-state index in [0.717, 1.165) is 6.42 Å². The molecule has 5 heteroatoms. The number of carboxylic acids is 1. The Hall–Kier alpha value is -1.10. The fraction of sp³-hybridized carbons (Fsp3) is 0.778. The average Bonchev–Trinajstić information content (AvgIpc) is 2.14. The Labute approximate surface area is 84.0 Å². The molecule has 0 aromatic heterocycles. The Bertz CT molecular complexity index is 167. The first kappa shape index (κ1) is 15.4. The van der Waals surface area contributed by atoms with E-state index >= 15 is 0 Å². The molecule has 1 unspecified atom stereocenters. The minimum absolute atomic E-state index is 0.193. The largest absolute Gasteiger partial charge is 0.479 e. The van der Waals surface area contributed by atoms with Crippen LogP contribution in [0.5, 0.6) is 0 Å². The van der Waals surface area contributed by atoms with Gasteiger partial charge in [0.15, 0.2) is 6.10 Å². The summed E-state index contributed by atoms with van der Waals surface area (Å²) in [6.07, 6.45) is 0.222. The van der Waals surface area contributed by atoms with Crippen molar-refractivity contribution in [3.05, 3.63) is 0 Å². The summed E-state index contributed by atoms with van der Waals surface area (Å²) in [4.78, 5) is 19.8. The van der Waals surface area contributed by atoms with Gasteiger partial charge in [-0.1, -0.05) is 6.92 Å². The quantitative estimate of drug-likeness (QED) is 0.696. The minimum Gasteiger partial charge on any atom is -0.479 e. The summed E-state index contributed by atoms with van der Waals surface area (Å²) in [5, 5.41) is 8.06. The second-order valence-corrected chi connectivity index (χ2v) is 2.56. The third kappa shape index (κ3) is 13.5. The third-order valence-corrected chi connectivity index (χ3v) is 1.21. The lowest BCUT2D eigenvalue weighted by Gasteiger charge is -1.98. The number of rotatable bonds is 4. The second kappa shape index (κ2) is 9.98. The molecule has 0 aliphatic carbocycles. The lowest BCUT2D eigenvalue weighted by atomic mass is 10.4. The van der Waals surface area contributed by atoms with Crippen molar-refractivity contribution < 1.29 is 24.2 Å². The van der Waals surface area contributed by atoms with Crippen molar-refractivity contribution in [2.24, 2.45) is 0 Å². The Morgan fingerprint density at radius 3 is 2.00 bits per heavy atom. The van der Waals surface area contributed by atoms with Gasteiger partial charge < -0.3 is 14.6 Å². The van der Waals surface area contributed by atoms with Crippen molar-refractivity contribution in [1.82, 2.24) is 0 Å². The van der Waals surface area contributed by atoms with E-state index < -0.39 is 12.1 Å². The summed E-state index contributed by atoms with van der Waals surface area (Å²) in [5.74, 6) is -1.12. The highest BCUT2D eigenvalue weighted by atomic mass is 16.5. The first-order valence-corrected chi connectivity index (χ1v) is 4.34. The Morgan fingerprint density at radius 2 is 1.93 bits per heavy atom. The predicted molar refractivity (Wildman–Crippen MR) is 51.0 cm³/mol. The fourth-order valence-electron chi connectivity index (χ4n) is 0.347. The van der Waals surface area contributed by atoms with Gasteiger partial charge in [0.1, 0.15) is 0 Å². The Kier molecular flexibility index (Phi) is 11.0. The van der Waals surface area contributed by atoms with E-state index in [4.69, 9.17) is 5.11 Å². The summed E-state index contributed by atoms with van der Waals surface area (Å²) >= 11 is 0. The van der Waals surface area contributed by atoms with E-state index in [2.05, 4.69) is 9.47 Å². The van der Waals surface area contributed by atoms with Crippen molar-refractivity contribution in [2.45, 2.75) is 33.3 Å². The summed E-state index contributed by atoms with van der Waals surface area (Å²) in [7, 11) is 1.36. The number of carbonyl (C=O) groups is 2. The zero-order chi connectivity index (χ0) is 11.6. The van der Waals surface area contributed by atoms with E-state index in [1.165, 1.54) is 21.0 Å². The van der Waals surface area contributed by atoms with Crippen LogP contribution < -0.4 is 0 Å². The molecule has 84 valence electrons. The standard InChI is InChI=1S/C5H10O2.C4H8O3/c1-3-4-7-5(2)6;1-3(7-2)4(5)6/h3-4H2,1-2H3;3H,1-2H3,(H,5,6). The smallest absolute Gasteiger partial charge is 0.332 e. The zero-order valence-corrected chi connectivity index (χ0v) is 9.07. The molecule has 0 bridgehead atoms. The zero-order valence-electron chi connectivity index (χ0n) is 9.07. The van der Waals surface area contributed by atoms with Crippen molar-refractivity contribution in [3.8, 4) is 0 Å². The summed E-state index contributed by atoms with van der Waals surface area (Å²) in [6.45, 7) is 5.40. The van der Waals surface area contributed by atoms with Gasteiger partial charge in [0.2, 0.25) is 0 Å². The average molecular weight is 206 g/mol. The highest BCUT2D eigenvalue weighted by Gasteiger charge is 2.06. The number of hydrogen-bond donors (Lipinski definition) is 1. The molecule has 0 aromatic carbocycles. The highest BCUT2D eigenvalue weighted by molar-refractivity contribution is 5.71. The molecule has 0 spiro atoms. The molecule has 0 aromatic rings. The molecule has 0 rings (SSSR count). The number of carboxylic acid groups (broad SMARTS) is 1. The summed E-state index contributed by atoms with van der Waals surface area (Å²) in [6, 6.07) is 0. The van der Waals surface area contributed by atoms with E-state index in [1.54, 1.807) is 0 Å². The van der Waals surface area contributed by atoms with Crippen molar-refractivity contribution in [3.63, 3.8) is 0 Å². The van der Waals surface area contributed by atoms with Gasteiger partial charge in [0.05, 0.1) is 6.61 Å². The number of ether oxygens (including phenoxy) is 2. The minimum atomic E-state index is -0.928. The molecule has 0 saturated heterocycles. The van der Waals surface area contributed by atoms with Crippen LogP contribution in [-0.4, -0.2) is 36.9 Å². The van der Waals surface area contributed by atoms with Gasteiger partial charge in [0.25, 0.3) is 0 Å². The van der Waals surface area contributed by atoms with Crippen LogP contribution in [0.25, 0.3) is 0 Å². The normalized spacial score (nSPS) is 10.9. The van der Waals surface area contributed by atoms with Crippen LogP contribution in [-0.2, 0) is 19.1 Å². The number of carbonyl (C=O) groups excluding carboxylic acids is 1. The molecule has 0 aliphatic heterocycles. The maximum atomic E-state index is 9.98.